The van der Waals surface area contributed by atoms with Gasteiger partial charge in [-0.25, -0.2) is 0 Å². The van der Waals surface area contributed by atoms with E-state index in [9.17, 15) is 9.90 Å². The van der Waals surface area contributed by atoms with E-state index in [4.69, 9.17) is 9.47 Å². The first-order chi connectivity index (χ1) is 17.2. The molecule has 2 heterocycles. The first kappa shape index (κ1) is 28.0. The van der Waals surface area contributed by atoms with Crippen molar-refractivity contribution in [2.24, 2.45) is 0 Å². The van der Waals surface area contributed by atoms with Crippen molar-refractivity contribution in [3.8, 4) is 11.5 Å². The summed E-state index contributed by atoms with van der Waals surface area (Å²) in [4.78, 5) is 14.4. The molecule has 0 bridgehead atoms. The number of morpholine rings is 1. The van der Waals surface area contributed by atoms with Crippen LogP contribution in [0.25, 0.3) is 0 Å². The Hall–Kier alpha value is -2.53. The summed E-state index contributed by atoms with van der Waals surface area (Å²) in [7, 11) is 0. The summed E-state index contributed by atoms with van der Waals surface area (Å²) in [6, 6.07) is 3.62. The Kier molecular flexibility index (Phi) is 10.2. The molecule has 0 saturated carbocycles. The number of nitrogens with zero attached hydrogens (tertiary/aromatic N) is 1. The van der Waals surface area contributed by atoms with E-state index in [0.717, 1.165) is 73.8 Å². The molecule has 2 aliphatic heterocycles. The molecule has 1 fully saturated rings. The van der Waals surface area contributed by atoms with Crippen molar-refractivity contribution in [1.82, 2.24) is 4.90 Å². The van der Waals surface area contributed by atoms with Crippen LogP contribution in [0, 0.1) is 6.92 Å². The van der Waals surface area contributed by atoms with E-state index in [1.54, 1.807) is 6.07 Å². The number of phenolic OH excluding ortho intramolecular Hbond substituents is 1. The van der Waals surface area contributed by atoms with Crippen LogP contribution in [-0.4, -0.2) is 47.8 Å². The van der Waals surface area contributed by atoms with Gasteiger partial charge in [0.2, 0.25) is 5.91 Å². The van der Waals surface area contributed by atoms with Crippen LogP contribution in [0.1, 0.15) is 83.8 Å². The maximum absolute atomic E-state index is 12.5. The first-order valence-corrected chi connectivity index (χ1v) is 13.5. The monoisotopic (exact) mass is 495 g/mol. The van der Waals surface area contributed by atoms with Gasteiger partial charge in [-0.15, -0.1) is 0 Å². The molecule has 3 rings (SSSR count). The van der Waals surface area contributed by atoms with Crippen LogP contribution >= 0.6 is 0 Å². The SMILES string of the molecule is C/C(=C\CC/C(C)=C/CCC1(C)CCc2cc(O)cc(C)c2O1)CC/C=C(\C)C(=O)N1CCOCC1. The lowest BCUT2D eigenvalue weighted by molar-refractivity contribution is -0.131. The van der Waals surface area contributed by atoms with Crippen molar-refractivity contribution in [2.75, 3.05) is 26.3 Å². The van der Waals surface area contributed by atoms with Crippen LogP contribution < -0.4 is 4.74 Å². The van der Waals surface area contributed by atoms with Gasteiger partial charge in [-0.3, -0.25) is 4.79 Å². The van der Waals surface area contributed by atoms with E-state index in [1.807, 2.05) is 24.8 Å². The van der Waals surface area contributed by atoms with E-state index in [2.05, 4.69) is 39.0 Å². The lowest BCUT2D eigenvalue weighted by Crippen LogP contribution is -2.41. The maximum Gasteiger partial charge on any atom is 0.249 e. The number of ether oxygens (including phenoxy) is 2. The number of carbonyl (C=O) groups is 1. The number of rotatable bonds is 10. The van der Waals surface area contributed by atoms with Crippen LogP contribution in [0.15, 0.2) is 47.1 Å². The van der Waals surface area contributed by atoms with Crippen LogP contribution in [0.4, 0.5) is 0 Å². The molecule has 0 radical (unpaired) electrons. The number of benzene rings is 1. The predicted octanol–water partition coefficient (Wildman–Crippen LogP) is 6.82. The minimum Gasteiger partial charge on any atom is -0.508 e. The van der Waals surface area contributed by atoms with Crippen molar-refractivity contribution >= 4 is 5.91 Å². The minimum absolute atomic E-state index is 0.145. The average Bonchev–Trinajstić information content (AvgIpc) is 2.84. The number of fused-ring (bicyclic) bond motifs is 1. The highest BCUT2D eigenvalue weighted by Gasteiger charge is 2.32. The zero-order chi connectivity index (χ0) is 26.1. The lowest BCUT2D eigenvalue weighted by Gasteiger charge is -2.36. The normalized spacial score (nSPS) is 21.2. The van der Waals surface area contributed by atoms with Gasteiger partial charge in [0.1, 0.15) is 17.1 Å². The zero-order valence-corrected chi connectivity index (χ0v) is 23.0. The van der Waals surface area contributed by atoms with Gasteiger partial charge in [0, 0.05) is 18.7 Å². The Morgan fingerprint density at radius 3 is 2.36 bits per heavy atom. The second-order valence-electron chi connectivity index (χ2n) is 10.8. The fraction of sp³-hybridized carbons (Fsp3) is 0.581. The van der Waals surface area contributed by atoms with Gasteiger partial charge in [-0.05, 0) is 109 Å². The molecular formula is C31H45NO4. The molecule has 36 heavy (non-hydrogen) atoms. The molecule has 1 saturated heterocycles. The molecule has 0 aromatic heterocycles. The molecule has 5 heteroatoms. The van der Waals surface area contributed by atoms with E-state index in [0.29, 0.717) is 32.1 Å². The predicted molar refractivity (Wildman–Crippen MR) is 147 cm³/mol. The van der Waals surface area contributed by atoms with Gasteiger partial charge in [-0.1, -0.05) is 29.4 Å². The number of aryl methyl sites for hydroxylation is 2. The van der Waals surface area contributed by atoms with E-state index in [1.165, 1.54) is 11.1 Å². The Balaban J connectivity index is 1.37. The largest absolute Gasteiger partial charge is 0.508 e. The fourth-order valence-electron chi connectivity index (χ4n) is 5.02. The van der Waals surface area contributed by atoms with Gasteiger partial charge in [0.25, 0.3) is 0 Å². The number of hydrogen-bond acceptors (Lipinski definition) is 4. The molecule has 1 atom stereocenters. The molecular weight excluding hydrogens is 450 g/mol. The summed E-state index contributed by atoms with van der Waals surface area (Å²) in [6.07, 6.45) is 14.7. The van der Waals surface area contributed by atoms with Crippen molar-refractivity contribution in [3.05, 3.63) is 58.2 Å². The Morgan fingerprint density at radius 2 is 1.67 bits per heavy atom. The van der Waals surface area contributed by atoms with Gasteiger partial charge in [-0.2, -0.15) is 0 Å². The molecule has 0 aliphatic carbocycles. The highest BCUT2D eigenvalue weighted by Crippen LogP contribution is 2.39. The quantitative estimate of drug-likeness (QED) is 0.286. The third-order valence-electron chi connectivity index (χ3n) is 7.43. The van der Waals surface area contributed by atoms with Crippen molar-refractivity contribution in [3.63, 3.8) is 0 Å². The summed E-state index contributed by atoms with van der Waals surface area (Å²) < 4.78 is 11.8. The summed E-state index contributed by atoms with van der Waals surface area (Å²) in [6.45, 7) is 13.2. The van der Waals surface area contributed by atoms with Crippen LogP contribution in [0.5, 0.6) is 11.5 Å². The molecule has 2 aliphatic rings. The zero-order valence-electron chi connectivity index (χ0n) is 23.0. The van der Waals surface area contributed by atoms with Gasteiger partial charge >= 0.3 is 0 Å². The van der Waals surface area contributed by atoms with Crippen molar-refractivity contribution < 1.29 is 19.4 Å². The third-order valence-corrected chi connectivity index (χ3v) is 7.43. The topological polar surface area (TPSA) is 59.0 Å². The minimum atomic E-state index is -0.156. The van der Waals surface area contributed by atoms with E-state index in [-0.39, 0.29) is 11.5 Å². The molecule has 198 valence electrons. The average molecular weight is 496 g/mol. The van der Waals surface area contributed by atoms with Gasteiger partial charge < -0.3 is 19.5 Å². The summed E-state index contributed by atoms with van der Waals surface area (Å²) in [5.41, 5.74) is 5.63. The summed E-state index contributed by atoms with van der Waals surface area (Å²) >= 11 is 0. The number of amides is 1. The highest BCUT2D eigenvalue weighted by molar-refractivity contribution is 5.92. The first-order valence-electron chi connectivity index (χ1n) is 13.5. The summed E-state index contributed by atoms with van der Waals surface area (Å²) in [5, 5.41) is 9.85. The number of hydrogen-bond donors (Lipinski definition) is 1. The van der Waals surface area contributed by atoms with Crippen LogP contribution in [-0.2, 0) is 16.0 Å². The number of aromatic hydroxyl groups is 1. The molecule has 0 spiro atoms. The Labute approximate surface area is 217 Å². The standard InChI is InChI=1S/C31H45NO4/c1-23(11-7-13-25(3)30(34)32-17-19-35-20-18-32)9-6-10-24(2)12-8-15-31(5)16-14-27-22-28(33)21-26(4)29(27)36-31/h9,12-13,21-22,33H,6-8,10-11,14-20H2,1-5H3/b23-9+,24-12+,25-13+. The fourth-order valence-corrected chi connectivity index (χ4v) is 5.02. The maximum atomic E-state index is 12.5. The second kappa shape index (κ2) is 13.1. The van der Waals surface area contributed by atoms with E-state index >= 15 is 0 Å². The van der Waals surface area contributed by atoms with Crippen molar-refractivity contribution in [2.45, 2.75) is 91.6 Å². The number of phenols is 1. The Bertz CT molecular complexity index is 1000. The molecule has 1 N–H and O–H groups in total. The molecule has 1 aromatic carbocycles. The van der Waals surface area contributed by atoms with Crippen LogP contribution in [0.2, 0.25) is 0 Å². The highest BCUT2D eigenvalue weighted by atomic mass is 16.5. The van der Waals surface area contributed by atoms with Crippen LogP contribution in [0.3, 0.4) is 0 Å². The van der Waals surface area contributed by atoms with Crippen molar-refractivity contribution in [1.29, 1.82) is 0 Å². The number of carbonyl (C=O) groups excluding carboxylic acids is 1. The number of allylic oxidation sites excluding steroid dienone is 5. The Morgan fingerprint density at radius 1 is 1.03 bits per heavy atom. The van der Waals surface area contributed by atoms with E-state index < -0.39 is 0 Å². The molecule has 5 nitrogen and oxygen atoms in total. The molecule has 1 amide bonds. The molecule has 1 aromatic rings. The lowest BCUT2D eigenvalue weighted by atomic mass is 9.87. The second-order valence-corrected chi connectivity index (χ2v) is 10.8. The third kappa shape index (κ3) is 8.26. The van der Waals surface area contributed by atoms with Gasteiger partial charge in [0.05, 0.1) is 13.2 Å². The molecule has 1 unspecified atom stereocenters. The summed E-state index contributed by atoms with van der Waals surface area (Å²) in [5.74, 6) is 1.43. The smallest absolute Gasteiger partial charge is 0.249 e. The van der Waals surface area contributed by atoms with Gasteiger partial charge in [0.15, 0.2) is 0 Å².